The Bertz CT molecular complexity index is 726. The lowest BCUT2D eigenvalue weighted by Crippen LogP contribution is -2.40. The van der Waals surface area contributed by atoms with Crippen molar-refractivity contribution in [1.29, 1.82) is 0 Å². The topological polar surface area (TPSA) is 77.1 Å². The third-order valence-electron chi connectivity index (χ3n) is 4.88. The van der Waals surface area contributed by atoms with Crippen LogP contribution >= 0.6 is 0 Å². The van der Waals surface area contributed by atoms with Crippen molar-refractivity contribution in [2.45, 2.75) is 44.9 Å². The van der Waals surface area contributed by atoms with Crippen LogP contribution in [-0.2, 0) is 14.3 Å². The first kappa shape index (κ1) is 20.2. The summed E-state index contributed by atoms with van der Waals surface area (Å²) in [5.41, 5.74) is 0.631. The van der Waals surface area contributed by atoms with E-state index in [1.54, 1.807) is 12.1 Å². The number of likely N-dealkylation sites (tertiary alicyclic amines) is 1. The molecular weight excluding hydrogens is 374 g/mol. The standard InChI is InChI=1S/C19H24F2N2O5/c1-11(24)23-9-14(7-15(23)18(25)26-2)22-13-5-6-16(28-19(20)21)17(8-13)27-10-12-3-4-12/h5-6,8,12,14-15,19,22H,3-4,7,9-10H2,1-2H3/t14-,15-/m0/s1. The molecule has 1 aliphatic heterocycles. The van der Waals surface area contributed by atoms with E-state index >= 15 is 0 Å². The summed E-state index contributed by atoms with van der Waals surface area (Å²) < 4.78 is 40.2. The van der Waals surface area contributed by atoms with Crippen LogP contribution in [0.25, 0.3) is 0 Å². The molecule has 1 N–H and O–H groups in total. The monoisotopic (exact) mass is 398 g/mol. The Balaban J connectivity index is 1.71. The number of anilines is 1. The summed E-state index contributed by atoms with van der Waals surface area (Å²) in [6.45, 7) is -0.752. The van der Waals surface area contributed by atoms with Crippen molar-refractivity contribution < 1.29 is 32.6 Å². The maximum Gasteiger partial charge on any atom is 0.387 e. The lowest BCUT2D eigenvalue weighted by molar-refractivity contribution is -0.150. The van der Waals surface area contributed by atoms with Crippen molar-refractivity contribution in [3.05, 3.63) is 18.2 Å². The smallest absolute Gasteiger partial charge is 0.387 e. The average Bonchev–Trinajstić information content (AvgIpc) is 3.38. The van der Waals surface area contributed by atoms with Crippen LogP contribution < -0.4 is 14.8 Å². The fourth-order valence-electron chi connectivity index (χ4n) is 3.28. The Morgan fingerprint density at radius 2 is 2.04 bits per heavy atom. The number of amides is 1. The van der Waals surface area contributed by atoms with Crippen molar-refractivity contribution in [3.63, 3.8) is 0 Å². The molecule has 1 amide bonds. The van der Waals surface area contributed by atoms with E-state index in [-0.39, 0.29) is 23.4 Å². The number of carbonyl (C=O) groups is 2. The van der Waals surface area contributed by atoms with Gasteiger partial charge in [0.1, 0.15) is 6.04 Å². The first-order valence-corrected chi connectivity index (χ1v) is 9.20. The molecule has 0 spiro atoms. The van der Waals surface area contributed by atoms with Crippen LogP contribution in [-0.4, -0.2) is 55.7 Å². The number of nitrogens with one attached hydrogen (secondary N) is 1. The van der Waals surface area contributed by atoms with Gasteiger partial charge in [0.25, 0.3) is 0 Å². The molecule has 1 aliphatic carbocycles. The van der Waals surface area contributed by atoms with Crippen LogP contribution in [0.5, 0.6) is 11.5 Å². The molecule has 2 aliphatic rings. The molecule has 0 radical (unpaired) electrons. The van der Waals surface area contributed by atoms with Gasteiger partial charge in [0.2, 0.25) is 5.91 Å². The van der Waals surface area contributed by atoms with Crippen LogP contribution in [0.4, 0.5) is 14.5 Å². The van der Waals surface area contributed by atoms with Gasteiger partial charge in [0.05, 0.1) is 13.7 Å². The van der Waals surface area contributed by atoms with Gasteiger partial charge in [-0.15, -0.1) is 0 Å². The molecule has 2 fully saturated rings. The van der Waals surface area contributed by atoms with E-state index in [4.69, 9.17) is 9.47 Å². The number of methoxy groups -OCH3 is 1. The van der Waals surface area contributed by atoms with E-state index in [1.807, 2.05) is 0 Å². The third kappa shape index (κ3) is 5.02. The minimum Gasteiger partial charge on any atom is -0.489 e. The summed E-state index contributed by atoms with van der Waals surface area (Å²) in [7, 11) is 1.28. The largest absolute Gasteiger partial charge is 0.489 e. The molecule has 0 unspecified atom stereocenters. The highest BCUT2D eigenvalue weighted by atomic mass is 19.3. The molecule has 1 saturated heterocycles. The van der Waals surface area contributed by atoms with Crippen LogP contribution in [0.2, 0.25) is 0 Å². The Hall–Kier alpha value is -2.58. The molecule has 154 valence electrons. The second-order valence-corrected chi connectivity index (χ2v) is 7.08. The van der Waals surface area contributed by atoms with E-state index < -0.39 is 18.6 Å². The molecular formula is C19H24F2N2O5. The zero-order valence-corrected chi connectivity index (χ0v) is 15.8. The van der Waals surface area contributed by atoms with E-state index in [0.29, 0.717) is 31.2 Å². The zero-order chi connectivity index (χ0) is 20.3. The molecule has 0 aromatic heterocycles. The van der Waals surface area contributed by atoms with E-state index in [2.05, 4.69) is 10.1 Å². The Morgan fingerprint density at radius 1 is 1.29 bits per heavy atom. The van der Waals surface area contributed by atoms with Crippen LogP contribution in [0, 0.1) is 5.92 Å². The highest BCUT2D eigenvalue weighted by Crippen LogP contribution is 2.36. The van der Waals surface area contributed by atoms with E-state index in [0.717, 1.165) is 12.8 Å². The highest BCUT2D eigenvalue weighted by molar-refractivity contribution is 5.84. The Labute approximate surface area is 161 Å². The molecule has 1 aromatic rings. The highest BCUT2D eigenvalue weighted by Gasteiger charge is 2.39. The van der Waals surface area contributed by atoms with Crippen molar-refractivity contribution >= 4 is 17.6 Å². The number of ether oxygens (including phenoxy) is 3. The molecule has 1 heterocycles. The molecule has 1 aromatic carbocycles. The summed E-state index contributed by atoms with van der Waals surface area (Å²) >= 11 is 0. The number of esters is 1. The number of alkyl halides is 2. The van der Waals surface area contributed by atoms with Crippen molar-refractivity contribution in [1.82, 2.24) is 4.90 Å². The lowest BCUT2D eigenvalue weighted by atomic mass is 10.1. The van der Waals surface area contributed by atoms with Crippen molar-refractivity contribution in [2.75, 3.05) is 25.6 Å². The number of benzene rings is 1. The molecule has 1 saturated carbocycles. The summed E-state index contributed by atoms with van der Waals surface area (Å²) in [4.78, 5) is 25.2. The number of rotatable bonds is 8. The van der Waals surface area contributed by atoms with E-state index in [9.17, 15) is 18.4 Å². The maximum absolute atomic E-state index is 12.6. The van der Waals surface area contributed by atoms with E-state index in [1.165, 1.54) is 25.0 Å². The number of nitrogens with zero attached hydrogens (tertiary/aromatic N) is 1. The van der Waals surface area contributed by atoms with Gasteiger partial charge in [-0.05, 0) is 30.9 Å². The number of hydrogen-bond acceptors (Lipinski definition) is 6. The Kier molecular flexibility index (Phi) is 6.21. The quantitative estimate of drug-likeness (QED) is 0.679. The van der Waals surface area contributed by atoms with Gasteiger partial charge in [-0.25, -0.2) is 4.79 Å². The summed E-state index contributed by atoms with van der Waals surface area (Å²) in [5, 5.41) is 3.23. The van der Waals surface area contributed by atoms with Crippen LogP contribution in [0.3, 0.4) is 0 Å². The normalized spacial score (nSPS) is 21.5. The molecule has 7 nitrogen and oxygen atoms in total. The number of hydrogen-bond donors (Lipinski definition) is 1. The van der Waals surface area contributed by atoms with Crippen LogP contribution in [0.15, 0.2) is 18.2 Å². The third-order valence-corrected chi connectivity index (χ3v) is 4.88. The van der Waals surface area contributed by atoms with Crippen molar-refractivity contribution in [2.24, 2.45) is 5.92 Å². The molecule has 3 rings (SSSR count). The SMILES string of the molecule is COC(=O)[C@@H]1C[C@H](Nc2ccc(OC(F)F)c(OCC3CC3)c2)CN1C(C)=O. The molecule has 28 heavy (non-hydrogen) atoms. The molecule has 2 atom stereocenters. The van der Waals surface area contributed by atoms with Gasteiger partial charge in [0.15, 0.2) is 11.5 Å². The second-order valence-electron chi connectivity index (χ2n) is 7.08. The lowest BCUT2D eigenvalue weighted by Gasteiger charge is -2.20. The molecule has 9 heteroatoms. The minimum atomic E-state index is -2.94. The maximum atomic E-state index is 12.6. The fourth-order valence-corrected chi connectivity index (χ4v) is 3.28. The number of carbonyl (C=O) groups excluding carboxylic acids is 2. The first-order chi connectivity index (χ1) is 13.4. The van der Waals surface area contributed by atoms with Gasteiger partial charge in [-0.1, -0.05) is 0 Å². The summed E-state index contributed by atoms with van der Waals surface area (Å²) in [6, 6.07) is 3.79. The number of halogens is 2. The first-order valence-electron chi connectivity index (χ1n) is 9.20. The summed E-state index contributed by atoms with van der Waals surface area (Å²) in [6.07, 6.45) is 2.53. The van der Waals surface area contributed by atoms with Gasteiger partial charge in [-0.3, -0.25) is 4.79 Å². The van der Waals surface area contributed by atoms with Gasteiger partial charge in [-0.2, -0.15) is 8.78 Å². The van der Waals surface area contributed by atoms with Crippen LogP contribution in [0.1, 0.15) is 26.2 Å². The zero-order valence-electron chi connectivity index (χ0n) is 15.8. The predicted molar refractivity (Wildman–Crippen MR) is 96.5 cm³/mol. The predicted octanol–water partition coefficient (Wildman–Crippen LogP) is 2.65. The summed E-state index contributed by atoms with van der Waals surface area (Å²) in [5.74, 6) is -0.00757. The second kappa shape index (κ2) is 8.62. The minimum absolute atomic E-state index is 0.0228. The van der Waals surface area contributed by atoms with Crippen molar-refractivity contribution in [3.8, 4) is 11.5 Å². The average molecular weight is 398 g/mol. The Morgan fingerprint density at radius 3 is 2.64 bits per heavy atom. The molecule has 0 bridgehead atoms. The van der Waals surface area contributed by atoms with Gasteiger partial charge in [0, 0.05) is 37.7 Å². The fraction of sp³-hybridized carbons (Fsp3) is 0.579. The van der Waals surface area contributed by atoms with Gasteiger partial charge < -0.3 is 24.4 Å². The van der Waals surface area contributed by atoms with Gasteiger partial charge >= 0.3 is 12.6 Å².